The van der Waals surface area contributed by atoms with Gasteiger partial charge < -0.3 is 14.4 Å². The van der Waals surface area contributed by atoms with Crippen LogP contribution in [0.4, 0.5) is 5.69 Å². The molecule has 0 N–H and O–H groups in total. The number of carbonyl (C=O) groups excluding carboxylic acids is 1. The summed E-state index contributed by atoms with van der Waals surface area (Å²) in [5.74, 6) is -0.00526. The lowest BCUT2D eigenvalue weighted by atomic mass is 10.0. The smallest absolute Gasteiger partial charge is 0.222 e. The third-order valence-electron chi connectivity index (χ3n) is 6.99. The van der Waals surface area contributed by atoms with Gasteiger partial charge >= 0.3 is 0 Å². The Hall–Kier alpha value is -2.64. The summed E-state index contributed by atoms with van der Waals surface area (Å²) in [6, 6.07) is 16.6. The molecule has 1 fully saturated rings. The molecule has 6 nitrogen and oxygen atoms in total. The zero-order chi connectivity index (χ0) is 26.5. The van der Waals surface area contributed by atoms with Crippen LogP contribution in [0.25, 0.3) is 12.2 Å². The van der Waals surface area contributed by atoms with Crippen LogP contribution in [0.5, 0.6) is 0 Å². The first kappa shape index (κ1) is 28.9. The molecule has 0 spiro atoms. The summed E-state index contributed by atoms with van der Waals surface area (Å²) in [6.07, 6.45) is 12.5. The summed E-state index contributed by atoms with van der Waals surface area (Å²) >= 11 is 0. The molecule has 1 aliphatic heterocycles. The van der Waals surface area contributed by atoms with E-state index in [-0.39, 0.29) is 5.75 Å². The van der Waals surface area contributed by atoms with Gasteiger partial charge in [-0.1, -0.05) is 81.2 Å². The molecule has 0 saturated carbocycles. The average Bonchev–Trinajstić information content (AvgIpc) is 2.90. The normalized spacial score (nSPS) is 14.4. The second-order valence-electron chi connectivity index (χ2n) is 9.87. The van der Waals surface area contributed by atoms with Crippen LogP contribution in [-0.2, 0) is 21.3 Å². The fraction of sp³-hybridized carbons (Fsp3) is 0.500. The molecule has 1 aliphatic rings. The van der Waals surface area contributed by atoms with Crippen LogP contribution in [-0.4, -0.2) is 55.7 Å². The van der Waals surface area contributed by atoms with Gasteiger partial charge in [-0.15, -0.1) is 0 Å². The highest BCUT2D eigenvalue weighted by atomic mass is 32.2. The minimum Gasteiger partial charge on any atom is -0.748 e. The Morgan fingerprint density at radius 1 is 0.865 bits per heavy atom. The standard InChI is InChI=1S/C30H42N2O4S/c1-2-3-4-5-6-14-30(33)32-23-21-31(22-24-32)29-19-16-26(17-20-29)15-18-28-12-8-7-11-27(28)13-9-10-25-37(34,35)36/h7-8,11-12,15-20H,2-6,9-10,13-14,21-25H2,1H3,(H,34,35,36)/p-1/b18-15+. The summed E-state index contributed by atoms with van der Waals surface area (Å²) in [7, 11) is -4.14. The van der Waals surface area contributed by atoms with Crippen molar-refractivity contribution in [3.05, 3.63) is 65.2 Å². The molecule has 0 unspecified atom stereocenters. The number of hydrogen-bond acceptors (Lipinski definition) is 5. The van der Waals surface area contributed by atoms with E-state index in [1.807, 2.05) is 23.1 Å². The average molecular weight is 526 g/mol. The van der Waals surface area contributed by atoms with Gasteiger partial charge in [0, 0.05) is 44.0 Å². The number of benzene rings is 2. The Morgan fingerprint density at radius 3 is 2.27 bits per heavy atom. The van der Waals surface area contributed by atoms with Crippen LogP contribution < -0.4 is 4.90 Å². The van der Waals surface area contributed by atoms with Crippen LogP contribution >= 0.6 is 0 Å². The zero-order valence-corrected chi connectivity index (χ0v) is 22.9. The summed E-state index contributed by atoms with van der Waals surface area (Å²) in [4.78, 5) is 16.9. The predicted octanol–water partition coefficient (Wildman–Crippen LogP) is 5.73. The Morgan fingerprint density at radius 2 is 1.57 bits per heavy atom. The topological polar surface area (TPSA) is 80.8 Å². The van der Waals surface area contributed by atoms with Crippen molar-refractivity contribution in [3.63, 3.8) is 0 Å². The van der Waals surface area contributed by atoms with Gasteiger partial charge in [-0.05, 0) is 54.5 Å². The Balaban J connectivity index is 1.47. The fourth-order valence-corrected chi connectivity index (χ4v) is 5.31. The van der Waals surface area contributed by atoms with E-state index in [4.69, 9.17) is 0 Å². The lowest BCUT2D eigenvalue weighted by Gasteiger charge is -2.36. The van der Waals surface area contributed by atoms with E-state index in [1.165, 1.54) is 24.9 Å². The van der Waals surface area contributed by atoms with Gasteiger partial charge in [0.05, 0.1) is 10.1 Å². The summed E-state index contributed by atoms with van der Waals surface area (Å²) in [5, 5.41) is 0. The molecule has 0 bridgehead atoms. The highest BCUT2D eigenvalue weighted by Gasteiger charge is 2.20. The number of unbranched alkanes of at least 4 members (excludes halogenated alkanes) is 5. The highest BCUT2D eigenvalue weighted by Crippen LogP contribution is 2.21. The zero-order valence-electron chi connectivity index (χ0n) is 22.1. The molecule has 7 heteroatoms. The second-order valence-corrected chi connectivity index (χ2v) is 11.4. The fourth-order valence-electron chi connectivity index (χ4n) is 4.75. The molecule has 0 radical (unpaired) electrons. The summed E-state index contributed by atoms with van der Waals surface area (Å²) in [6.45, 7) is 5.49. The first-order chi connectivity index (χ1) is 17.9. The van der Waals surface area contributed by atoms with E-state index in [0.29, 0.717) is 25.2 Å². The van der Waals surface area contributed by atoms with Gasteiger partial charge in [0.25, 0.3) is 0 Å². The molecule has 1 saturated heterocycles. The first-order valence-electron chi connectivity index (χ1n) is 13.7. The Bertz CT molecular complexity index is 1100. The molecule has 1 amide bonds. The van der Waals surface area contributed by atoms with Crippen molar-refractivity contribution >= 4 is 33.9 Å². The maximum atomic E-state index is 12.5. The molecule has 0 aromatic heterocycles. The highest BCUT2D eigenvalue weighted by molar-refractivity contribution is 7.85. The molecule has 202 valence electrons. The molecule has 1 heterocycles. The number of carbonyl (C=O) groups is 1. The lowest BCUT2D eigenvalue weighted by Crippen LogP contribution is -2.48. The van der Waals surface area contributed by atoms with Gasteiger partial charge in [0.1, 0.15) is 0 Å². The lowest BCUT2D eigenvalue weighted by molar-refractivity contribution is -0.131. The van der Waals surface area contributed by atoms with Crippen molar-refractivity contribution < 1.29 is 17.8 Å². The number of hydrogen-bond donors (Lipinski definition) is 0. The van der Waals surface area contributed by atoms with Crippen molar-refractivity contribution in [1.29, 1.82) is 0 Å². The SMILES string of the molecule is CCCCCCCC(=O)N1CCN(c2ccc(/C=C/c3ccccc3CCCCS(=O)(=O)[O-])cc2)CC1. The number of piperazine rings is 1. The molecular weight excluding hydrogens is 484 g/mol. The molecule has 0 atom stereocenters. The van der Waals surface area contributed by atoms with Crippen molar-refractivity contribution in [3.8, 4) is 0 Å². The van der Waals surface area contributed by atoms with Crippen molar-refractivity contribution in [2.24, 2.45) is 0 Å². The molecule has 3 rings (SSSR count). The first-order valence-corrected chi connectivity index (χ1v) is 15.3. The van der Waals surface area contributed by atoms with E-state index in [1.54, 1.807) is 0 Å². The molecular formula is C30H41N2O4S-. The van der Waals surface area contributed by atoms with Crippen LogP contribution in [0.3, 0.4) is 0 Å². The number of rotatable bonds is 14. The Kier molecular flexibility index (Phi) is 11.7. The number of anilines is 1. The van der Waals surface area contributed by atoms with E-state index in [2.05, 4.69) is 54.3 Å². The second kappa shape index (κ2) is 14.9. The monoisotopic (exact) mass is 525 g/mol. The third-order valence-corrected chi connectivity index (χ3v) is 7.77. The molecule has 2 aromatic rings. The van der Waals surface area contributed by atoms with Crippen molar-refractivity contribution in [2.75, 3.05) is 36.8 Å². The summed E-state index contributed by atoms with van der Waals surface area (Å²) in [5.41, 5.74) is 4.53. The number of amides is 1. The van der Waals surface area contributed by atoms with E-state index < -0.39 is 10.1 Å². The van der Waals surface area contributed by atoms with Gasteiger partial charge in [0.2, 0.25) is 5.91 Å². The van der Waals surface area contributed by atoms with Crippen molar-refractivity contribution in [2.45, 2.75) is 64.7 Å². The summed E-state index contributed by atoms with van der Waals surface area (Å²) < 4.78 is 32.4. The van der Waals surface area contributed by atoms with Gasteiger partial charge in [-0.2, -0.15) is 0 Å². The molecule has 37 heavy (non-hydrogen) atoms. The number of aryl methyl sites for hydroxylation is 1. The van der Waals surface area contributed by atoms with Crippen LogP contribution in [0, 0.1) is 0 Å². The van der Waals surface area contributed by atoms with E-state index in [0.717, 1.165) is 62.1 Å². The van der Waals surface area contributed by atoms with Crippen molar-refractivity contribution in [1.82, 2.24) is 4.90 Å². The van der Waals surface area contributed by atoms with E-state index >= 15 is 0 Å². The van der Waals surface area contributed by atoms with Gasteiger partial charge in [0.15, 0.2) is 0 Å². The maximum absolute atomic E-state index is 12.5. The van der Waals surface area contributed by atoms with Crippen LogP contribution in [0.1, 0.15) is 75.0 Å². The van der Waals surface area contributed by atoms with E-state index in [9.17, 15) is 17.8 Å². The number of nitrogens with zero attached hydrogens (tertiary/aromatic N) is 2. The minimum atomic E-state index is -4.14. The predicted molar refractivity (Wildman–Crippen MR) is 151 cm³/mol. The van der Waals surface area contributed by atoms with Gasteiger partial charge in [-0.3, -0.25) is 4.79 Å². The Labute approximate surface area is 223 Å². The minimum absolute atomic E-state index is 0.298. The molecule has 2 aromatic carbocycles. The quantitative estimate of drug-likeness (QED) is 0.179. The largest absolute Gasteiger partial charge is 0.748 e. The van der Waals surface area contributed by atoms with Crippen LogP contribution in [0.15, 0.2) is 48.5 Å². The van der Waals surface area contributed by atoms with Crippen LogP contribution in [0.2, 0.25) is 0 Å². The molecule has 0 aliphatic carbocycles. The van der Waals surface area contributed by atoms with Gasteiger partial charge in [-0.25, -0.2) is 8.42 Å². The maximum Gasteiger partial charge on any atom is 0.222 e. The third kappa shape index (κ3) is 10.3.